The molecule has 0 radical (unpaired) electrons. The van der Waals surface area contributed by atoms with Crippen molar-refractivity contribution in [3.05, 3.63) is 76.5 Å². The molecular formula is C22H25N5O3. The van der Waals surface area contributed by atoms with Crippen LogP contribution in [-0.4, -0.2) is 54.1 Å². The molecule has 0 bridgehead atoms. The van der Waals surface area contributed by atoms with Gasteiger partial charge in [-0.15, -0.1) is 0 Å². The highest BCUT2D eigenvalue weighted by Crippen LogP contribution is 2.28. The number of nitrogens with one attached hydrogen (secondary N) is 3. The van der Waals surface area contributed by atoms with E-state index in [-0.39, 0.29) is 17.3 Å². The van der Waals surface area contributed by atoms with Gasteiger partial charge in [0.25, 0.3) is 5.91 Å². The van der Waals surface area contributed by atoms with Gasteiger partial charge in [-0.1, -0.05) is 30.3 Å². The number of nitrogens with zero attached hydrogens (tertiary/aromatic N) is 2. The molecule has 30 heavy (non-hydrogen) atoms. The lowest BCUT2D eigenvalue weighted by Gasteiger charge is -2.36. The SMILES string of the molecule is COc1ccccc1N1CCN(Cc2[nH]c(=O)[nH]c2C(=O)Nc2ccccc2)CC1. The number of methoxy groups -OCH3 is 1. The average Bonchev–Trinajstić information content (AvgIpc) is 3.15. The molecule has 156 valence electrons. The van der Waals surface area contributed by atoms with Crippen molar-refractivity contribution in [1.29, 1.82) is 0 Å². The number of ether oxygens (including phenoxy) is 1. The first kappa shape index (κ1) is 19.8. The molecule has 0 saturated carbocycles. The molecule has 8 heteroatoms. The van der Waals surface area contributed by atoms with Crippen molar-refractivity contribution in [3.8, 4) is 5.75 Å². The molecule has 3 aromatic rings. The zero-order valence-electron chi connectivity index (χ0n) is 16.9. The van der Waals surface area contributed by atoms with E-state index in [0.29, 0.717) is 17.9 Å². The number of amides is 1. The summed E-state index contributed by atoms with van der Waals surface area (Å²) >= 11 is 0. The first-order valence-corrected chi connectivity index (χ1v) is 9.92. The highest BCUT2D eigenvalue weighted by Gasteiger charge is 2.23. The average molecular weight is 407 g/mol. The molecule has 8 nitrogen and oxygen atoms in total. The fourth-order valence-electron chi connectivity index (χ4n) is 3.71. The Balaban J connectivity index is 1.41. The van der Waals surface area contributed by atoms with Crippen molar-refractivity contribution >= 4 is 17.3 Å². The van der Waals surface area contributed by atoms with Gasteiger partial charge in [-0.05, 0) is 24.3 Å². The van der Waals surface area contributed by atoms with Crippen LogP contribution in [0.15, 0.2) is 59.4 Å². The van der Waals surface area contributed by atoms with Crippen molar-refractivity contribution in [2.24, 2.45) is 0 Å². The summed E-state index contributed by atoms with van der Waals surface area (Å²) in [5, 5.41) is 2.82. The Morgan fingerprint density at radius 1 is 1.00 bits per heavy atom. The van der Waals surface area contributed by atoms with E-state index in [1.54, 1.807) is 19.2 Å². The molecular weight excluding hydrogens is 382 g/mol. The monoisotopic (exact) mass is 407 g/mol. The third-order valence-electron chi connectivity index (χ3n) is 5.24. The molecule has 1 aliphatic heterocycles. The Bertz CT molecular complexity index is 1050. The van der Waals surface area contributed by atoms with Crippen LogP contribution < -0.4 is 20.6 Å². The second-order valence-electron chi connectivity index (χ2n) is 7.19. The summed E-state index contributed by atoms with van der Waals surface area (Å²) < 4.78 is 5.47. The van der Waals surface area contributed by atoms with Gasteiger partial charge in [0.15, 0.2) is 0 Å². The number of anilines is 2. The number of carbonyl (C=O) groups is 1. The Morgan fingerprint density at radius 3 is 2.43 bits per heavy atom. The Kier molecular flexibility index (Phi) is 5.85. The molecule has 1 fully saturated rings. The van der Waals surface area contributed by atoms with Crippen molar-refractivity contribution in [2.75, 3.05) is 43.5 Å². The molecule has 0 spiro atoms. The largest absolute Gasteiger partial charge is 0.495 e. The smallest absolute Gasteiger partial charge is 0.323 e. The second-order valence-corrected chi connectivity index (χ2v) is 7.19. The summed E-state index contributed by atoms with van der Waals surface area (Å²) in [6.45, 7) is 3.78. The summed E-state index contributed by atoms with van der Waals surface area (Å²) in [4.78, 5) is 34.5. The number of aromatic amines is 2. The number of para-hydroxylation sites is 3. The number of carbonyl (C=O) groups excluding carboxylic acids is 1. The molecule has 1 amide bonds. The van der Waals surface area contributed by atoms with Crippen LogP contribution in [0.3, 0.4) is 0 Å². The quantitative estimate of drug-likeness (QED) is 0.583. The number of hydrogen-bond acceptors (Lipinski definition) is 5. The van der Waals surface area contributed by atoms with Gasteiger partial charge in [0.1, 0.15) is 11.4 Å². The molecule has 0 aliphatic carbocycles. The van der Waals surface area contributed by atoms with Gasteiger partial charge in [-0.3, -0.25) is 9.69 Å². The number of piperazine rings is 1. The fourth-order valence-corrected chi connectivity index (χ4v) is 3.71. The lowest BCUT2D eigenvalue weighted by Crippen LogP contribution is -2.46. The molecule has 4 rings (SSSR count). The van der Waals surface area contributed by atoms with Crippen LogP contribution in [0.25, 0.3) is 0 Å². The number of H-pyrrole nitrogens is 2. The highest BCUT2D eigenvalue weighted by molar-refractivity contribution is 6.03. The highest BCUT2D eigenvalue weighted by atomic mass is 16.5. The Labute approximate surface area is 174 Å². The summed E-state index contributed by atoms with van der Waals surface area (Å²) in [6, 6.07) is 17.2. The third kappa shape index (κ3) is 4.38. The van der Waals surface area contributed by atoms with E-state index in [1.165, 1.54) is 0 Å². The molecule has 1 aromatic heterocycles. The molecule has 2 aromatic carbocycles. The van der Waals surface area contributed by atoms with Crippen LogP contribution in [0.4, 0.5) is 11.4 Å². The van der Waals surface area contributed by atoms with Gasteiger partial charge < -0.3 is 24.9 Å². The normalized spacial score (nSPS) is 14.5. The molecule has 3 N–H and O–H groups in total. The number of aromatic nitrogens is 2. The predicted molar refractivity (Wildman–Crippen MR) is 116 cm³/mol. The van der Waals surface area contributed by atoms with Crippen LogP contribution >= 0.6 is 0 Å². The lowest BCUT2D eigenvalue weighted by molar-refractivity contribution is 0.102. The summed E-state index contributed by atoms with van der Waals surface area (Å²) in [6.07, 6.45) is 0. The van der Waals surface area contributed by atoms with E-state index in [4.69, 9.17) is 4.74 Å². The van der Waals surface area contributed by atoms with Crippen LogP contribution in [0, 0.1) is 0 Å². The third-order valence-corrected chi connectivity index (χ3v) is 5.24. The molecule has 1 saturated heterocycles. The first-order chi connectivity index (χ1) is 14.6. The minimum absolute atomic E-state index is 0.274. The molecule has 0 atom stereocenters. The maximum Gasteiger partial charge on any atom is 0.323 e. The van der Waals surface area contributed by atoms with Gasteiger partial charge in [0.2, 0.25) is 0 Å². The summed E-state index contributed by atoms with van der Waals surface area (Å²) in [5.74, 6) is 0.531. The summed E-state index contributed by atoms with van der Waals surface area (Å²) in [5.41, 5.74) is 2.25. The van der Waals surface area contributed by atoms with Crippen molar-refractivity contribution in [2.45, 2.75) is 6.54 Å². The number of rotatable bonds is 6. The molecule has 0 unspecified atom stereocenters. The van der Waals surface area contributed by atoms with E-state index in [0.717, 1.165) is 37.6 Å². The minimum Gasteiger partial charge on any atom is -0.495 e. The van der Waals surface area contributed by atoms with Crippen molar-refractivity contribution < 1.29 is 9.53 Å². The fraction of sp³-hybridized carbons (Fsp3) is 0.273. The lowest BCUT2D eigenvalue weighted by atomic mass is 10.2. The van der Waals surface area contributed by atoms with Gasteiger partial charge >= 0.3 is 5.69 Å². The van der Waals surface area contributed by atoms with Crippen LogP contribution in [0.5, 0.6) is 5.75 Å². The van der Waals surface area contributed by atoms with Gasteiger partial charge in [0.05, 0.1) is 18.5 Å². The first-order valence-electron chi connectivity index (χ1n) is 9.92. The van der Waals surface area contributed by atoms with Crippen LogP contribution in [0.2, 0.25) is 0 Å². The molecule has 1 aliphatic rings. The second kappa shape index (κ2) is 8.87. The Hall–Kier alpha value is -3.52. The van der Waals surface area contributed by atoms with Crippen LogP contribution in [0.1, 0.15) is 16.2 Å². The van der Waals surface area contributed by atoms with Gasteiger partial charge in [-0.25, -0.2) is 4.79 Å². The maximum absolute atomic E-state index is 12.7. The van der Waals surface area contributed by atoms with Gasteiger partial charge in [-0.2, -0.15) is 0 Å². The summed E-state index contributed by atoms with van der Waals surface area (Å²) in [7, 11) is 1.68. The van der Waals surface area contributed by atoms with Crippen LogP contribution in [-0.2, 0) is 6.54 Å². The zero-order valence-corrected chi connectivity index (χ0v) is 16.9. The van der Waals surface area contributed by atoms with E-state index < -0.39 is 0 Å². The number of hydrogen-bond donors (Lipinski definition) is 3. The van der Waals surface area contributed by atoms with Crippen molar-refractivity contribution in [1.82, 2.24) is 14.9 Å². The Morgan fingerprint density at radius 2 is 1.70 bits per heavy atom. The van der Waals surface area contributed by atoms with Gasteiger partial charge in [0, 0.05) is 38.4 Å². The van der Waals surface area contributed by atoms with Crippen molar-refractivity contribution in [3.63, 3.8) is 0 Å². The predicted octanol–water partition coefficient (Wildman–Crippen LogP) is 2.29. The topological polar surface area (TPSA) is 93.5 Å². The van der Waals surface area contributed by atoms with E-state index in [1.807, 2.05) is 36.4 Å². The zero-order chi connectivity index (χ0) is 20.9. The van der Waals surface area contributed by atoms with E-state index >= 15 is 0 Å². The van der Waals surface area contributed by atoms with E-state index in [2.05, 4.69) is 31.2 Å². The molecule has 2 heterocycles. The number of imidazole rings is 1. The number of benzene rings is 2. The van der Waals surface area contributed by atoms with E-state index in [9.17, 15) is 9.59 Å². The maximum atomic E-state index is 12.7. The minimum atomic E-state index is -0.379. The standard InChI is InChI=1S/C22H25N5O3/c1-30-19-10-6-5-9-18(19)27-13-11-26(12-14-27)15-17-20(25-22(29)24-17)21(28)23-16-7-3-2-4-8-16/h2-10H,11-15H2,1H3,(H,23,28)(H2,24,25,29).